The van der Waals surface area contributed by atoms with Gasteiger partial charge in [-0.3, -0.25) is 0 Å². The topological polar surface area (TPSA) is 105 Å². The van der Waals surface area contributed by atoms with Gasteiger partial charge in [-0.05, 0) is 48.6 Å². The summed E-state index contributed by atoms with van der Waals surface area (Å²) >= 11 is 0. The molecule has 192 valence electrons. The number of hydrazine groups is 1. The second-order valence-electron chi connectivity index (χ2n) is 9.83. The van der Waals surface area contributed by atoms with Crippen molar-refractivity contribution >= 4 is 18.2 Å². The largest absolute Gasteiger partial charge is 0.480 e. The Balaban J connectivity index is 1.52. The van der Waals surface area contributed by atoms with E-state index in [9.17, 15) is 19.5 Å². The zero-order valence-corrected chi connectivity index (χ0v) is 21.0. The Morgan fingerprint density at radius 2 is 1.43 bits per heavy atom. The summed E-state index contributed by atoms with van der Waals surface area (Å²) in [6.45, 7) is 4.98. The van der Waals surface area contributed by atoms with Crippen LogP contribution in [0.2, 0.25) is 0 Å². The van der Waals surface area contributed by atoms with E-state index < -0.39 is 29.8 Å². The van der Waals surface area contributed by atoms with Crippen LogP contribution in [0.25, 0.3) is 11.1 Å². The first-order chi connectivity index (χ1) is 17.6. The average molecular weight is 503 g/mol. The SMILES string of the molecule is CC(C)(C)OC(=O)N(NC(=O)OCC1c2ccccc2-c2ccccc21)[C@@H](Cc1ccccc1)C(=O)O. The summed E-state index contributed by atoms with van der Waals surface area (Å²) in [4.78, 5) is 38.1. The van der Waals surface area contributed by atoms with E-state index in [2.05, 4.69) is 5.43 Å². The van der Waals surface area contributed by atoms with Crippen LogP contribution in [0.1, 0.15) is 43.4 Å². The maximum Gasteiger partial charge on any atom is 0.430 e. The first kappa shape index (κ1) is 25.8. The molecule has 8 heteroatoms. The Morgan fingerprint density at radius 3 is 1.97 bits per heavy atom. The summed E-state index contributed by atoms with van der Waals surface area (Å²) in [5.74, 6) is -1.48. The fourth-order valence-corrected chi connectivity index (χ4v) is 4.42. The third-order valence-corrected chi connectivity index (χ3v) is 6.01. The fourth-order valence-electron chi connectivity index (χ4n) is 4.42. The van der Waals surface area contributed by atoms with Crippen LogP contribution in [0.4, 0.5) is 9.59 Å². The van der Waals surface area contributed by atoms with Crippen LogP contribution in [0.15, 0.2) is 78.9 Å². The van der Waals surface area contributed by atoms with Crippen LogP contribution in [0, 0.1) is 0 Å². The molecule has 0 unspecified atom stereocenters. The maximum atomic E-state index is 13.0. The van der Waals surface area contributed by atoms with Crippen molar-refractivity contribution in [3.05, 3.63) is 95.6 Å². The minimum atomic E-state index is -1.42. The van der Waals surface area contributed by atoms with Gasteiger partial charge in [-0.1, -0.05) is 78.9 Å². The predicted molar refractivity (Wildman–Crippen MR) is 138 cm³/mol. The highest BCUT2D eigenvalue weighted by atomic mass is 16.6. The van der Waals surface area contributed by atoms with Gasteiger partial charge in [0, 0.05) is 12.3 Å². The third-order valence-electron chi connectivity index (χ3n) is 6.01. The molecule has 0 saturated heterocycles. The number of hydrogen-bond acceptors (Lipinski definition) is 5. The van der Waals surface area contributed by atoms with Crippen molar-refractivity contribution in [1.29, 1.82) is 0 Å². The molecule has 0 aliphatic heterocycles. The number of rotatable bonds is 6. The molecule has 1 aliphatic rings. The van der Waals surface area contributed by atoms with Crippen LogP contribution < -0.4 is 5.43 Å². The Bertz CT molecular complexity index is 1240. The number of fused-ring (bicyclic) bond motifs is 3. The monoisotopic (exact) mass is 502 g/mol. The van der Waals surface area contributed by atoms with Gasteiger partial charge in [-0.15, -0.1) is 0 Å². The average Bonchev–Trinajstić information content (AvgIpc) is 3.18. The van der Waals surface area contributed by atoms with Crippen molar-refractivity contribution in [2.24, 2.45) is 0 Å². The normalized spacial score (nSPS) is 13.2. The first-order valence-corrected chi connectivity index (χ1v) is 12.0. The van der Waals surface area contributed by atoms with E-state index in [1.807, 2.05) is 48.5 Å². The van der Waals surface area contributed by atoms with Crippen LogP contribution in [-0.4, -0.2) is 46.5 Å². The van der Waals surface area contributed by atoms with E-state index in [4.69, 9.17) is 9.47 Å². The molecule has 3 aromatic rings. The maximum absolute atomic E-state index is 13.0. The van der Waals surface area contributed by atoms with E-state index >= 15 is 0 Å². The molecular weight excluding hydrogens is 472 g/mol. The molecule has 0 fully saturated rings. The van der Waals surface area contributed by atoms with Crippen molar-refractivity contribution in [3.63, 3.8) is 0 Å². The summed E-state index contributed by atoms with van der Waals surface area (Å²) in [5, 5.41) is 10.6. The van der Waals surface area contributed by atoms with Crippen molar-refractivity contribution in [2.75, 3.05) is 6.61 Å². The van der Waals surface area contributed by atoms with E-state index in [1.165, 1.54) is 0 Å². The van der Waals surface area contributed by atoms with Gasteiger partial charge < -0.3 is 14.6 Å². The summed E-state index contributed by atoms with van der Waals surface area (Å²) in [6, 6.07) is 23.3. The Kier molecular flexibility index (Phi) is 7.47. The van der Waals surface area contributed by atoms with Crippen LogP contribution in [-0.2, 0) is 20.7 Å². The van der Waals surface area contributed by atoms with E-state index in [0.717, 1.165) is 22.3 Å². The highest BCUT2D eigenvalue weighted by Crippen LogP contribution is 2.44. The zero-order valence-electron chi connectivity index (χ0n) is 21.0. The van der Waals surface area contributed by atoms with Crippen LogP contribution >= 0.6 is 0 Å². The highest BCUT2D eigenvalue weighted by Gasteiger charge is 2.36. The van der Waals surface area contributed by atoms with Gasteiger partial charge in [0.2, 0.25) is 0 Å². The third kappa shape index (κ3) is 6.09. The number of ether oxygens (including phenoxy) is 2. The number of nitrogens with zero attached hydrogens (tertiary/aromatic N) is 1. The number of carboxylic acid groups (broad SMARTS) is 1. The van der Waals surface area contributed by atoms with Crippen LogP contribution in [0.3, 0.4) is 0 Å². The van der Waals surface area contributed by atoms with E-state index in [0.29, 0.717) is 10.6 Å². The van der Waals surface area contributed by atoms with Crippen molar-refractivity contribution in [2.45, 2.75) is 44.8 Å². The lowest BCUT2D eigenvalue weighted by Crippen LogP contribution is -2.57. The number of aliphatic carboxylic acids is 1. The molecule has 4 rings (SSSR count). The molecule has 37 heavy (non-hydrogen) atoms. The van der Waals surface area contributed by atoms with Crippen molar-refractivity contribution in [1.82, 2.24) is 10.4 Å². The number of benzene rings is 3. The summed E-state index contributed by atoms with van der Waals surface area (Å²) in [5.41, 5.74) is 6.33. The fraction of sp³-hybridized carbons (Fsp3) is 0.276. The molecule has 1 aliphatic carbocycles. The van der Waals surface area contributed by atoms with Gasteiger partial charge >= 0.3 is 18.2 Å². The molecule has 0 heterocycles. The molecule has 0 aromatic heterocycles. The first-order valence-electron chi connectivity index (χ1n) is 12.0. The lowest BCUT2D eigenvalue weighted by Gasteiger charge is -2.31. The molecular formula is C29H30N2O6. The van der Waals surface area contributed by atoms with Crippen molar-refractivity contribution < 1.29 is 29.0 Å². The highest BCUT2D eigenvalue weighted by molar-refractivity contribution is 5.83. The molecule has 1 atom stereocenters. The second kappa shape index (κ2) is 10.7. The summed E-state index contributed by atoms with van der Waals surface area (Å²) in [6.07, 6.45) is -1.99. The van der Waals surface area contributed by atoms with Gasteiger partial charge in [0.15, 0.2) is 6.04 Å². The second-order valence-corrected chi connectivity index (χ2v) is 9.83. The molecule has 3 aromatic carbocycles. The Morgan fingerprint density at radius 1 is 0.892 bits per heavy atom. The number of carbonyl (C=O) groups is 3. The standard InChI is InChI=1S/C29H30N2O6/c1-29(2,3)37-28(35)31(25(26(32)33)17-19-11-5-4-6-12-19)30-27(34)36-18-24-22-15-9-7-13-20(22)21-14-8-10-16-23(21)24/h4-16,24-25H,17-18H2,1-3H3,(H,30,34)(H,32,33)/t25-/m0/s1. The number of nitrogens with one attached hydrogen (secondary N) is 1. The molecule has 0 spiro atoms. The number of hydrogen-bond donors (Lipinski definition) is 2. The minimum absolute atomic E-state index is 0.0123. The van der Waals surface area contributed by atoms with Crippen molar-refractivity contribution in [3.8, 4) is 11.1 Å². The van der Waals surface area contributed by atoms with Gasteiger partial charge in [0.25, 0.3) is 0 Å². The van der Waals surface area contributed by atoms with Gasteiger partial charge in [-0.25, -0.2) is 24.8 Å². The quantitative estimate of drug-likeness (QED) is 0.439. The lowest BCUT2D eigenvalue weighted by atomic mass is 9.98. The molecule has 2 amide bonds. The van der Waals surface area contributed by atoms with E-state index in [1.54, 1.807) is 51.1 Å². The van der Waals surface area contributed by atoms with E-state index in [-0.39, 0.29) is 18.9 Å². The molecule has 0 bridgehead atoms. The summed E-state index contributed by atoms with van der Waals surface area (Å²) < 4.78 is 10.9. The molecule has 8 nitrogen and oxygen atoms in total. The summed E-state index contributed by atoms with van der Waals surface area (Å²) in [7, 11) is 0. The van der Waals surface area contributed by atoms with Gasteiger partial charge in [-0.2, -0.15) is 0 Å². The lowest BCUT2D eigenvalue weighted by molar-refractivity contribution is -0.144. The Hall–Kier alpha value is -4.33. The number of carboxylic acids is 1. The number of carbonyl (C=O) groups excluding carboxylic acids is 2. The smallest absolute Gasteiger partial charge is 0.430 e. The zero-order chi connectivity index (χ0) is 26.6. The predicted octanol–water partition coefficient (Wildman–Crippen LogP) is 5.37. The molecule has 2 N–H and O–H groups in total. The van der Waals surface area contributed by atoms with Gasteiger partial charge in [0.05, 0.1) is 0 Å². The molecule has 0 radical (unpaired) electrons. The number of amides is 2. The van der Waals surface area contributed by atoms with Crippen LogP contribution in [0.5, 0.6) is 0 Å². The van der Waals surface area contributed by atoms with Gasteiger partial charge in [0.1, 0.15) is 12.2 Å². The Labute approximate surface area is 215 Å². The molecule has 0 saturated carbocycles. The minimum Gasteiger partial charge on any atom is -0.480 e.